The van der Waals surface area contributed by atoms with Crippen molar-refractivity contribution in [2.45, 2.75) is 136 Å². The first-order chi connectivity index (χ1) is 41.0. The monoisotopic (exact) mass is 1300 g/mol. The van der Waals surface area contributed by atoms with Crippen LogP contribution in [0.3, 0.4) is 0 Å². The van der Waals surface area contributed by atoms with Crippen LogP contribution in [0.2, 0.25) is 20.1 Å². The van der Waals surface area contributed by atoms with Gasteiger partial charge in [0.05, 0.1) is 59.9 Å². The molecule has 462 valence electrons. The van der Waals surface area contributed by atoms with Crippen LogP contribution in [0.4, 0.5) is 10.3 Å². The third-order valence-corrected chi connectivity index (χ3v) is 21.5. The van der Waals surface area contributed by atoms with E-state index in [9.17, 15) is 14.7 Å². The Hall–Kier alpha value is -5.06. The van der Waals surface area contributed by atoms with Gasteiger partial charge >= 0.3 is 30.8 Å². The predicted molar refractivity (Wildman–Crippen MR) is 346 cm³/mol. The number of methoxy groups -OCH3 is 1. The standard InChI is InChI=1S/C33H35Cl2N3O4S.C32H33Cl2N3O4S.CH4.Li.H2O/c1-17(2)41-26-13-20(32(39)40-3)14-27-30(26)36-33(43-27)38-15-21-11-18(12-22(21)16-38)7-10-23-29(37-42-31(23)19-8-9-19)28-24(34)5-4-6-25(28)35;1-16(2)40-25-12-19(31(38)39)13-26-29(25)35-32(42-26)37-14-20-10-17(11-21(20)15-37)6-9-22-28(36-41-30(22)18-7-8-18)27-23(33)4-3-5-24(27)34;;;/h4-6,13-14,17-19,21-22H,7-12,15-16H2,1-3H3;3-5,12-13,16-18,20-21H,6-11,14-15H2,1-2H3,(H,38,39);1H4;;1H2/q;;;+1;/p-1/t18?,21-,22+;17?,20-,21+;;;. The number of ether oxygens (including phenoxy) is 3. The van der Waals surface area contributed by atoms with Crippen molar-refractivity contribution in [2.75, 3.05) is 43.1 Å². The fourth-order valence-electron chi connectivity index (χ4n) is 13.9. The van der Waals surface area contributed by atoms with Crippen molar-refractivity contribution in [1.29, 1.82) is 0 Å². The first-order valence-electron chi connectivity index (χ1n) is 29.9. The fourth-order valence-corrected chi connectivity index (χ4v) is 17.2. The molecule has 6 atom stereocenters. The number of carbonyl (C=O) groups excluding carboxylic acids is 1. The third-order valence-electron chi connectivity index (χ3n) is 18.1. The molecule has 2 saturated heterocycles. The summed E-state index contributed by atoms with van der Waals surface area (Å²) in [6.45, 7) is 11.8. The van der Waals surface area contributed by atoms with Crippen molar-refractivity contribution in [1.82, 2.24) is 20.3 Å². The number of hydrogen-bond acceptors (Lipinski definition) is 16. The molecule has 0 spiro atoms. The van der Waals surface area contributed by atoms with E-state index in [4.69, 9.17) is 79.6 Å². The van der Waals surface area contributed by atoms with E-state index in [2.05, 4.69) is 20.1 Å². The SMILES string of the molecule is C.CC(C)Oc1cc(C(=O)O)cc2sc(N3C[C@H]4CC(CCc5c(-c6c(Cl)cccc6Cl)noc5C5CC5)C[C@H]4C3)nc12.COC(=O)c1cc(OC(C)C)c2nc(N3C[C@H]4CC(CCc5c(-c6c(Cl)cccc6Cl)noc5C5CC5)C[C@H]4C3)sc2c1.[Li+].[OH-]. The van der Waals surface area contributed by atoms with E-state index in [1.807, 2.05) is 70.2 Å². The Morgan fingerprint density at radius 1 is 0.625 bits per heavy atom. The molecule has 0 radical (unpaired) electrons. The van der Waals surface area contributed by atoms with Crippen molar-refractivity contribution in [3.8, 4) is 34.0 Å². The van der Waals surface area contributed by atoms with Crippen molar-refractivity contribution < 1.29 is 62.3 Å². The number of rotatable bonds is 18. The molecule has 4 aromatic carbocycles. The molecule has 22 heteroatoms. The molecule has 6 fully saturated rings. The fraction of sp³-hybridized carbons (Fsp3) is 0.485. The second-order valence-corrected chi connectivity index (χ2v) is 28.5. The molecule has 14 rings (SSSR count). The summed E-state index contributed by atoms with van der Waals surface area (Å²) in [5, 5.41) is 22.9. The number of hydrogen-bond donors (Lipinski definition) is 1. The first kappa shape index (κ1) is 65.9. The second kappa shape index (κ2) is 27.4. The Labute approximate surface area is 553 Å². The molecule has 0 bridgehead atoms. The Bertz CT molecular complexity index is 3780. The van der Waals surface area contributed by atoms with E-state index in [0.29, 0.717) is 84.5 Å². The van der Waals surface area contributed by atoms with Crippen molar-refractivity contribution in [3.05, 3.63) is 115 Å². The smallest absolute Gasteiger partial charge is 0.870 e. The Kier molecular flexibility index (Phi) is 20.5. The van der Waals surface area contributed by atoms with E-state index < -0.39 is 5.97 Å². The van der Waals surface area contributed by atoms with Crippen molar-refractivity contribution >= 4 is 112 Å². The van der Waals surface area contributed by atoms with Gasteiger partial charge in [-0.15, -0.1) is 0 Å². The maximum Gasteiger partial charge on any atom is 1.00 e. The number of carbonyl (C=O) groups is 2. The van der Waals surface area contributed by atoms with E-state index in [0.717, 1.165) is 142 Å². The van der Waals surface area contributed by atoms with Gasteiger partial charge in [-0.2, -0.15) is 0 Å². The molecule has 4 aromatic heterocycles. The summed E-state index contributed by atoms with van der Waals surface area (Å²) in [6.07, 6.45) is 13.4. The molecule has 2 aliphatic heterocycles. The van der Waals surface area contributed by atoms with E-state index in [1.165, 1.54) is 43.9 Å². The van der Waals surface area contributed by atoms with Crippen molar-refractivity contribution in [2.24, 2.45) is 35.5 Å². The molecule has 15 nitrogen and oxygen atoms in total. The zero-order valence-electron chi connectivity index (χ0n) is 49.6. The maximum atomic E-state index is 12.3. The topological polar surface area (TPSA) is 196 Å². The van der Waals surface area contributed by atoms with Gasteiger partial charge in [0, 0.05) is 60.3 Å². The normalized spacial score (nSPS) is 21.0. The Morgan fingerprint density at radius 2 is 1.00 bits per heavy atom. The van der Waals surface area contributed by atoms with E-state index in [1.54, 1.807) is 40.9 Å². The van der Waals surface area contributed by atoms with Crippen LogP contribution in [-0.4, -0.2) is 88.3 Å². The molecule has 88 heavy (non-hydrogen) atoms. The minimum atomic E-state index is -0.959. The number of esters is 1. The summed E-state index contributed by atoms with van der Waals surface area (Å²) in [7, 11) is 1.40. The minimum Gasteiger partial charge on any atom is -0.870 e. The molecular formula is C66H73Cl4LiN6O9S2. The van der Waals surface area contributed by atoms with Gasteiger partial charge in [0.2, 0.25) is 0 Å². The number of thiazole rings is 2. The van der Waals surface area contributed by atoms with Crippen LogP contribution in [0, 0.1) is 35.5 Å². The minimum absolute atomic E-state index is 0. The molecular weight excluding hydrogens is 1230 g/mol. The molecule has 2 N–H and O–H groups in total. The van der Waals surface area contributed by atoms with E-state index >= 15 is 0 Å². The van der Waals surface area contributed by atoms with Gasteiger partial charge in [-0.25, -0.2) is 19.6 Å². The molecule has 2 unspecified atom stereocenters. The summed E-state index contributed by atoms with van der Waals surface area (Å²) in [5.41, 5.74) is 7.83. The van der Waals surface area contributed by atoms with Gasteiger partial charge in [0.15, 0.2) is 10.3 Å². The van der Waals surface area contributed by atoms with Gasteiger partial charge < -0.3 is 43.6 Å². The zero-order chi connectivity index (χ0) is 58.9. The molecule has 6 heterocycles. The van der Waals surface area contributed by atoms with Crippen LogP contribution in [0.5, 0.6) is 11.5 Å². The number of carboxylic acid groups (broad SMARTS) is 1. The van der Waals surface area contributed by atoms with Gasteiger partial charge in [-0.3, -0.25) is 0 Å². The summed E-state index contributed by atoms with van der Waals surface area (Å²) >= 11 is 29.5. The molecule has 4 saturated carbocycles. The summed E-state index contributed by atoms with van der Waals surface area (Å²) in [5.74, 6) is 6.70. The van der Waals surface area contributed by atoms with Crippen LogP contribution < -0.4 is 38.1 Å². The number of nitrogens with zero attached hydrogens (tertiary/aromatic N) is 6. The summed E-state index contributed by atoms with van der Waals surface area (Å²) < 4.78 is 30.6. The number of benzene rings is 4. The largest absolute Gasteiger partial charge is 1.00 e. The number of carboxylic acids is 1. The van der Waals surface area contributed by atoms with Crippen LogP contribution in [0.15, 0.2) is 69.7 Å². The second-order valence-electron chi connectivity index (χ2n) is 24.9. The number of halogens is 4. The number of aromatic carboxylic acids is 1. The Balaban J connectivity index is 0.000000188. The van der Waals surface area contributed by atoms with Gasteiger partial charge in [0.1, 0.15) is 45.4 Å². The van der Waals surface area contributed by atoms with Crippen LogP contribution >= 0.6 is 69.1 Å². The quantitative estimate of drug-likeness (QED) is 0.0629. The first-order valence-corrected chi connectivity index (χ1v) is 33.1. The number of fused-ring (bicyclic) bond motifs is 4. The predicted octanol–water partition coefficient (Wildman–Crippen LogP) is 15.0. The van der Waals surface area contributed by atoms with Gasteiger partial charge in [0.25, 0.3) is 0 Å². The number of aromatic nitrogens is 4. The Morgan fingerprint density at radius 3 is 1.35 bits per heavy atom. The average Bonchev–Trinajstić information content (AvgIpc) is 2.18. The summed E-state index contributed by atoms with van der Waals surface area (Å²) in [6, 6.07) is 18.1. The zero-order valence-corrected chi connectivity index (χ0v) is 54.3. The molecule has 4 aliphatic carbocycles. The maximum absolute atomic E-state index is 12.3. The van der Waals surface area contributed by atoms with Crippen LogP contribution in [-0.2, 0) is 17.6 Å². The summed E-state index contributed by atoms with van der Waals surface area (Å²) in [4.78, 5) is 38.8. The van der Waals surface area contributed by atoms with Crippen molar-refractivity contribution in [3.63, 3.8) is 0 Å². The molecule has 0 amide bonds. The average molecular weight is 1310 g/mol. The molecule has 8 aromatic rings. The molecule has 6 aliphatic rings. The van der Waals surface area contributed by atoms with Crippen LogP contribution in [0.1, 0.15) is 155 Å². The van der Waals surface area contributed by atoms with Gasteiger partial charge in [-0.1, -0.05) is 99.0 Å². The third kappa shape index (κ3) is 13.6. The number of anilines is 2. The van der Waals surface area contributed by atoms with Crippen LogP contribution in [0.25, 0.3) is 42.9 Å². The van der Waals surface area contributed by atoms with E-state index in [-0.39, 0.29) is 55.5 Å². The van der Waals surface area contributed by atoms with Gasteiger partial charge in [-0.05, 0) is 189 Å².